The SMILES string of the molecule is CCN(CC)CCNCC1(SC)CCCC1. The Morgan fingerprint density at radius 2 is 1.81 bits per heavy atom. The highest BCUT2D eigenvalue weighted by Crippen LogP contribution is 2.39. The first kappa shape index (κ1) is 14.3. The van der Waals surface area contributed by atoms with Crippen LogP contribution < -0.4 is 5.32 Å². The van der Waals surface area contributed by atoms with Gasteiger partial charge in [0.2, 0.25) is 0 Å². The number of nitrogens with zero attached hydrogens (tertiary/aromatic N) is 1. The number of hydrogen-bond acceptors (Lipinski definition) is 3. The van der Waals surface area contributed by atoms with Gasteiger partial charge in [0.05, 0.1) is 0 Å². The molecule has 96 valence electrons. The predicted molar refractivity (Wildman–Crippen MR) is 75.4 cm³/mol. The summed E-state index contributed by atoms with van der Waals surface area (Å²) in [6.07, 6.45) is 7.95. The monoisotopic (exact) mass is 244 g/mol. The van der Waals surface area contributed by atoms with Gasteiger partial charge in [-0.15, -0.1) is 0 Å². The van der Waals surface area contributed by atoms with Crippen molar-refractivity contribution in [3.8, 4) is 0 Å². The minimum atomic E-state index is 0.559. The minimum Gasteiger partial charge on any atom is -0.314 e. The molecule has 0 radical (unpaired) electrons. The van der Waals surface area contributed by atoms with Gasteiger partial charge in [0.25, 0.3) is 0 Å². The molecular weight excluding hydrogens is 216 g/mol. The molecule has 0 amide bonds. The smallest absolute Gasteiger partial charge is 0.0281 e. The largest absolute Gasteiger partial charge is 0.314 e. The van der Waals surface area contributed by atoms with E-state index in [1.807, 2.05) is 0 Å². The van der Waals surface area contributed by atoms with Gasteiger partial charge in [0.1, 0.15) is 0 Å². The molecule has 16 heavy (non-hydrogen) atoms. The fourth-order valence-corrected chi connectivity index (χ4v) is 3.51. The lowest BCUT2D eigenvalue weighted by Gasteiger charge is -2.28. The summed E-state index contributed by atoms with van der Waals surface area (Å²) in [6, 6.07) is 0. The summed E-state index contributed by atoms with van der Waals surface area (Å²) in [6.45, 7) is 10.4. The average Bonchev–Trinajstić information content (AvgIpc) is 2.79. The van der Waals surface area contributed by atoms with Crippen LogP contribution in [0.15, 0.2) is 0 Å². The van der Waals surface area contributed by atoms with Crippen LogP contribution in [0.3, 0.4) is 0 Å². The van der Waals surface area contributed by atoms with E-state index in [1.165, 1.54) is 51.9 Å². The van der Waals surface area contributed by atoms with Crippen LogP contribution in [0.2, 0.25) is 0 Å². The summed E-state index contributed by atoms with van der Waals surface area (Å²) in [4.78, 5) is 2.48. The van der Waals surface area contributed by atoms with Crippen LogP contribution in [0.25, 0.3) is 0 Å². The van der Waals surface area contributed by atoms with E-state index in [4.69, 9.17) is 0 Å². The van der Waals surface area contributed by atoms with Gasteiger partial charge in [-0.05, 0) is 32.2 Å². The molecule has 2 nitrogen and oxygen atoms in total. The average molecular weight is 244 g/mol. The molecule has 0 aliphatic heterocycles. The van der Waals surface area contributed by atoms with Crippen molar-refractivity contribution >= 4 is 11.8 Å². The molecule has 0 spiro atoms. The van der Waals surface area contributed by atoms with E-state index in [2.05, 4.69) is 42.1 Å². The summed E-state index contributed by atoms with van der Waals surface area (Å²) in [5.41, 5.74) is 0. The van der Waals surface area contributed by atoms with Crippen LogP contribution in [0, 0.1) is 0 Å². The summed E-state index contributed by atoms with van der Waals surface area (Å²) in [5.74, 6) is 0. The van der Waals surface area contributed by atoms with Crippen LogP contribution in [0.5, 0.6) is 0 Å². The number of nitrogens with one attached hydrogen (secondary N) is 1. The number of rotatable bonds is 8. The molecule has 1 saturated carbocycles. The second-order valence-electron chi connectivity index (χ2n) is 4.80. The van der Waals surface area contributed by atoms with Gasteiger partial charge in [0, 0.05) is 24.4 Å². The Hall–Kier alpha value is 0.270. The first-order chi connectivity index (χ1) is 7.76. The van der Waals surface area contributed by atoms with E-state index in [9.17, 15) is 0 Å². The van der Waals surface area contributed by atoms with Gasteiger partial charge >= 0.3 is 0 Å². The highest BCUT2D eigenvalue weighted by Gasteiger charge is 2.32. The molecule has 1 N–H and O–H groups in total. The fraction of sp³-hybridized carbons (Fsp3) is 1.00. The van der Waals surface area contributed by atoms with Crippen molar-refractivity contribution in [1.29, 1.82) is 0 Å². The Balaban J connectivity index is 2.14. The second-order valence-corrected chi connectivity index (χ2v) is 6.07. The van der Waals surface area contributed by atoms with E-state index in [1.54, 1.807) is 0 Å². The molecule has 1 aliphatic carbocycles. The maximum Gasteiger partial charge on any atom is 0.0281 e. The first-order valence-electron chi connectivity index (χ1n) is 6.74. The van der Waals surface area contributed by atoms with Gasteiger partial charge in [-0.25, -0.2) is 0 Å². The van der Waals surface area contributed by atoms with E-state index < -0.39 is 0 Å². The third kappa shape index (κ3) is 4.27. The van der Waals surface area contributed by atoms with Crippen LogP contribution >= 0.6 is 11.8 Å². The Morgan fingerprint density at radius 1 is 1.19 bits per heavy atom. The maximum atomic E-state index is 3.66. The molecule has 0 saturated heterocycles. The lowest BCUT2D eigenvalue weighted by Crippen LogP contribution is -2.39. The standard InChI is InChI=1S/C13H28N2S/c1-4-15(5-2)11-10-14-12-13(16-3)8-6-7-9-13/h14H,4-12H2,1-3H3. The molecule has 0 unspecified atom stereocenters. The Bertz CT molecular complexity index is 175. The predicted octanol–water partition coefficient (Wildman–Crippen LogP) is 2.59. The zero-order valence-corrected chi connectivity index (χ0v) is 12.0. The molecule has 0 aromatic rings. The lowest BCUT2D eigenvalue weighted by molar-refractivity contribution is 0.300. The van der Waals surface area contributed by atoms with Crippen molar-refractivity contribution in [1.82, 2.24) is 10.2 Å². The molecular formula is C13H28N2S. The zero-order valence-electron chi connectivity index (χ0n) is 11.2. The van der Waals surface area contributed by atoms with Gasteiger partial charge in [-0.1, -0.05) is 26.7 Å². The highest BCUT2D eigenvalue weighted by atomic mass is 32.2. The van der Waals surface area contributed by atoms with Gasteiger partial charge in [-0.3, -0.25) is 0 Å². The minimum absolute atomic E-state index is 0.559. The van der Waals surface area contributed by atoms with Crippen LogP contribution in [0.4, 0.5) is 0 Å². The van der Waals surface area contributed by atoms with Crippen molar-refractivity contribution in [3.63, 3.8) is 0 Å². The Morgan fingerprint density at radius 3 is 2.31 bits per heavy atom. The lowest BCUT2D eigenvalue weighted by atomic mass is 10.1. The molecule has 0 aromatic carbocycles. The summed E-state index contributed by atoms with van der Waals surface area (Å²) >= 11 is 2.07. The molecule has 1 fully saturated rings. The van der Waals surface area contributed by atoms with Gasteiger partial charge < -0.3 is 10.2 Å². The second kappa shape index (κ2) is 7.57. The van der Waals surface area contributed by atoms with E-state index in [-0.39, 0.29) is 0 Å². The van der Waals surface area contributed by atoms with E-state index in [0.29, 0.717) is 4.75 Å². The van der Waals surface area contributed by atoms with Crippen molar-refractivity contribution in [3.05, 3.63) is 0 Å². The van der Waals surface area contributed by atoms with Gasteiger partial charge in [0.15, 0.2) is 0 Å². The van der Waals surface area contributed by atoms with Crippen molar-refractivity contribution in [2.24, 2.45) is 0 Å². The number of hydrogen-bond donors (Lipinski definition) is 1. The highest BCUT2D eigenvalue weighted by molar-refractivity contribution is 8.00. The Labute approximate surface area is 106 Å². The van der Waals surface area contributed by atoms with Crippen LogP contribution in [-0.4, -0.2) is 48.6 Å². The molecule has 1 rings (SSSR count). The molecule has 3 heteroatoms. The summed E-state index contributed by atoms with van der Waals surface area (Å²) < 4.78 is 0.559. The third-order valence-electron chi connectivity index (χ3n) is 3.89. The Kier molecular flexibility index (Phi) is 6.78. The third-order valence-corrected chi connectivity index (χ3v) is 5.31. The van der Waals surface area contributed by atoms with E-state index >= 15 is 0 Å². The number of likely N-dealkylation sites (N-methyl/N-ethyl adjacent to an activating group) is 1. The fourth-order valence-electron chi connectivity index (χ4n) is 2.57. The molecule has 0 heterocycles. The first-order valence-corrected chi connectivity index (χ1v) is 7.97. The maximum absolute atomic E-state index is 3.66. The van der Waals surface area contributed by atoms with Crippen molar-refractivity contribution in [2.45, 2.75) is 44.3 Å². The quantitative estimate of drug-likeness (QED) is 0.661. The van der Waals surface area contributed by atoms with E-state index in [0.717, 1.165) is 6.54 Å². The topological polar surface area (TPSA) is 15.3 Å². The van der Waals surface area contributed by atoms with Gasteiger partial charge in [-0.2, -0.15) is 11.8 Å². The van der Waals surface area contributed by atoms with Crippen molar-refractivity contribution in [2.75, 3.05) is 39.0 Å². The van der Waals surface area contributed by atoms with Crippen molar-refractivity contribution < 1.29 is 0 Å². The molecule has 0 atom stereocenters. The molecule has 1 aliphatic rings. The summed E-state index contributed by atoms with van der Waals surface area (Å²) in [7, 11) is 0. The molecule has 0 aromatic heterocycles. The number of thioether (sulfide) groups is 1. The summed E-state index contributed by atoms with van der Waals surface area (Å²) in [5, 5.41) is 3.66. The van der Waals surface area contributed by atoms with Crippen LogP contribution in [-0.2, 0) is 0 Å². The molecule has 0 bridgehead atoms. The van der Waals surface area contributed by atoms with Crippen LogP contribution in [0.1, 0.15) is 39.5 Å². The zero-order chi connectivity index (χ0) is 11.9. The normalized spacial score (nSPS) is 19.5.